The van der Waals surface area contributed by atoms with Gasteiger partial charge >= 0.3 is 0 Å². The minimum absolute atomic E-state index is 0.255. The molecule has 84 valence electrons. The van der Waals surface area contributed by atoms with E-state index in [-0.39, 0.29) is 5.54 Å². The van der Waals surface area contributed by atoms with Crippen LogP contribution in [-0.2, 0) is 6.54 Å². The fourth-order valence-electron chi connectivity index (χ4n) is 2.07. The molecule has 0 radical (unpaired) electrons. The Kier molecular flexibility index (Phi) is 3.50. The van der Waals surface area contributed by atoms with Crippen LogP contribution in [0.4, 0.5) is 0 Å². The lowest BCUT2D eigenvalue weighted by atomic mass is 10.0. The highest BCUT2D eigenvalue weighted by Gasteiger charge is 2.25. The summed E-state index contributed by atoms with van der Waals surface area (Å²) in [6.45, 7) is 8.98. The molecular formula is C11H17BrN2S. The van der Waals surface area contributed by atoms with E-state index in [9.17, 15) is 0 Å². The number of rotatable bonds is 2. The standard InChI is InChI=1S/C11H17BrN2S/c1-11(2)8-14(4-3-13-11)6-9-5-10(12)15-7-9/h5,7,13H,3-4,6,8H2,1-2H3. The van der Waals surface area contributed by atoms with Crippen LogP contribution in [0.25, 0.3) is 0 Å². The smallest absolute Gasteiger partial charge is 0.0701 e. The predicted molar refractivity (Wildman–Crippen MR) is 69.4 cm³/mol. The molecule has 1 aromatic rings. The van der Waals surface area contributed by atoms with Crippen molar-refractivity contribution in [2.24, 2.45) is 0 Å². The van der Waals surface area contributed by atoms with Crippen molar-refractivity contribution in [1.29, 1.82) is 0 Å². The zero-order valence-electron chi connectivity index (χ0n) is 9.22. The molecule has 4 heteroatoms. The summed E-state index contributed by atoms with van der Waals surface area (Å²) >= 11 is 5.27. The van der Waals surface area contributed by atoms with Gasteiger partial charge in [-0.15, -0.1) is 11.3 Å². The first-order chi connectivity index (χ1) is 7.05. The first-order valence-electron chi connectivity index (χ1n) is 5.25. The van der Waals surface area contributed by atoms with Crippen molar-refractivity contribution < 1.29 is 0 Å². The Morgan fingerprint density at radius 2 is 2.40 bits per heavy atom. The SMILES string of the molecule is CC1(C)CN(Cc2csc(Br)c2)CCN1. The average Bonchev–Trinajstić information content (AvgIpc) is 2.49. The minimum Gasteiger partial charge on any atom is -0.309 e. The van der Waals surface area contributed by atoms with E-state index in [1.54, 1.807) is 11.3 Å². The lowest BCUT2D eigenvalue weighted by Crippen LogP contribution is -2.56. The van der Waals surface area contributed by atoms with E-state index in [1.807, 2.05) is 0 Å². The molecule has 0 unspecified atom stereocenters. The van der Waals surface area contributed by atoms with Crippen molar-refractivity contribution in [2.75, 3.05) is 19.6 Å². The van der Waals surface area contributed by atoms with Gasteiger partial charge in [0.15, 0.2) is 0 Å². The fraction of sp³-hybridized carbons (Fsp3) is 0.636. The van der Waals surface area contributed by atoms with E-state index in [0.717, 1.165) is 26.2 Å². The van der Waals surface area contributed by atoms with Gasteiger partial charge in [-0.1, -0.05) is 0 Å². The van der Waals surface area contributed by atoms with Crippen LogP contribution in [0.3, 0.4) is 0 Å². The van der Waals surface area contributed by atoms with Crippen LogP contribution >= 0.6 is 27.3 Å². The summed E-state index contributed by atoms with van der Waals surface area (Å²) in [5.41, 5.74) is 1.68. The van der Waals surface area contributed by atoms with Crippen molar-refractivity contribution in [3.63, 3.8) is 0 Å². The van der Waals surface area contributed by atoms with Gasteiger partial charge in [0, 0.05) is 31.7 Å². The van der Waals surface area contributed by atoms with E-state index in [1.165, 1.54) is 9.35 Å². The largest absolute Gasteiger partial charge is 0.309 e. The number of thiophene rings is 1. The summed E-state index contributed by atoms with van der Waals surface area (Å²) < 4.78 is 1.23. The van der Waals surface area contributed by atoms with Crippen LogP contribution in [0.2, 0.25) is 0 Å². The van der Waals surface area contributed by atoms with E-state index in [4.69, 9.17) is 0 Å². The van der Waals surface area contributed by atoms with Crippen molar-refractivity contribution in [3.05, 3.63) is 20.8 Å². The summed E-state index contributed by atoms with van der Waals surface area (Å²) in [6, 6.07) is 2.22. The molecule has 1 fully saturated rings. The first kappa shape index (κ1) is 11.6. The van der Waals surface area contributed by atoms with Gasteiger partial charge in [0.25, 0.3) is 0 Å². The topological polar surface area (TPSA) is 15.3 Å². The Bertz CT molecular complexity index is 335. The van der Waals surface area contributed by atoms with Gasteiger partial charge in [0.05, 0.1) is 3.79 Å². The Morgan fingerprint density at radius 3 is 3.00 bits per heavy atom. The van der Waals surface area contributed by atoms with Gasteiger partial charge in [0.1, 0.15) is 0 Å². The van der Waals surface area contributed by atoms with Crippen molar-refractivity contribution in [3.8, 4) is 0 Å². The maximum Gasteiger partial charge on any atom is 0.0701 e. The maximum atomic E-state index is 3.53. The number of hydrogen-bond acceptors (Lipinski definition) is 3. The molecule has 1 aromatic heterocycles. The molecule has 1 aliphatic heterocycles. The summed E-state index contributed by atoms with van der Waals surface area (Å²) in [5.74, 6) is 0. The number of nitrogens with one attached hydrogen (secondary N) is 1. The summed E-state index contributed by atoms with van der Waals surface area (Å²) in [7, 11) is 0. The highest BCUT2D eigenvalue weighted by molar-refractivity contribution is 9.11. The number of halogens is 1. The molecule has 0 spiro atoms. The lowest BCUT2D eigenvalue weighted by Gasteiger charge is -2.39. The molecule has 2 nitrogen and oxygen atoms in total. The van der Waals surface area contributed by atoms with Crippen LogP contribution in [0, 0.1) is 0 Å². The number of hydrogen-bond donors (Lipinski definition) is 1. The quantitative estimate of drug-likeness (QED) is 0.900. The van der Waals surface area contributed by atoms with Crippen LogP contribution in [0.15, 0.2) is 15.2 Å². The molecule has 0 aliphatic carbocycles. The second kappa shape index (κ2) is 4.53. The maximum absolute atomic E-state index is 3.53. The molecule has 2 rings (SSSR count). The van der Waals surface area contributed by atoms with Gasteiger partial charge in [-0.05, 0) is 46.8 Å². The summed E-state index contributed by atoms with van der Waals surface area (Å²) in [5, 5.41) is 5.77. The third-order valence-corrected chi connectivity index (χ3v) is 4.23. The van der Waals surface area contributed by atoms with Gasteiger partial charge in [-0.25, -0.2) is 0 Å². The van der Waals surface area contributed by atoms with E-state index in [0.29, 0.717) is 0 Å². The molecule has 0 atom stereocenters. The predicted octanol–water partition coefficient (Wildman–Crippen LogP) is 2.69. The molecule has 0 saturated carbocycles. The molecule has 1 saturated heterocycles. The summed E-state index contributed by atoms with van der Waals surface area (Å²) in [4.78, 5) is 2.52. The first-order valence-corrected chi connectivity index (χ1v) is 6.93. The third kappa shape index (κ3) is 3.28. The molecule has 0 aromatic carbocycles. The molecular weight excluding hydrogens is 272 g/mol. The van der Waals surface area contributed by atoms with Crippen LogP contribution in [-0.4, -0.2) is 30.1 Å². The van der Waals surface area contributed by atoms with Crippen LogP contribution in [0.5, 0.6) is 0 Å². The highest BCUT2D eigenvalue weighted by atomic mass is 79.9. The zero-order chi connectivity index (χ0) is 10.9. The number of nitrogens with zero attached hydrogens (tertiary/aromatic N) is 1. The van der Waals surface area contributed by atoms with Crippen molar-refractivity contribution in [1.82, 2.24) is 10.2 Å². The average molecular weight is 289 g/mol. The molecule has 1 N–H and O–H groups in total. The lowest BCUT2D eigenvalue weighted by molar-refractivity contribution is 0.148. The van der Waals surface area contributed by atoms with E-state index in [2.05, 4.69) is 51.4 Å². The fourth-order valence-corrected chi connectivity index (χ4v) is 3.27. The molecule has 0 bridgehead atoms. The Balaban J connectivity index is 1.95. The molecule has 2 heterocycles. The second-order valence-corrected chi connectivity index (χ2v) is 7.07. The molecule has 15 heavy (non-hydrogen) atoms. The Labute approximate surface area is 104 Å². The van der Waals surface area contributed by atoms with Crippen molar-refractivity contribution in [2.45, 2.75) is 25.9 Å². The summed E-state index contributed by atoms with van der Waals surface area (Å²) in [6.07, 6.45) is 0. The Morgan fingerprint density at radius 1 is 1.60 bits per heavy atom. The highest BCUT2D eigenvalue weighted by Crippen LogP contribution is 2.22. The van der Waals surface area contributed by atoms with Gasteiger partial charge in [-0.2, -0.15) is 0 Å². The van der Waals surface area contributed by atoms with Crippen molar-refractivity contribution >= 4 is 27.3 Å². The van der Waals surface area contributed by atoms with E-state index >= 15 is 0 Å². The third-order valence-electron chi connectivity index (χ3n) is 2.68. The normalized spacial score (nSPS) is 21.8. The van der Waals surface area contributed by atoms with E-state index < -0.39 is 0 Å². The zero-order valence-corrected chi connectivity index (χ0v) is 11.6. The second-order valence-electron chi connectivity index (χ2n) is 4.78. The molecule has 0 amide bonds. The minimum atomic E-state index is 0.255. The van der Waals surface area contributed by atoms with Gasteiger partial charge < -0.3 is 5.32 Å². The molecule has 1 aliphatic rings. The monoisotopic (exact) mass is 288 g/mol. The number of piperazine rings is 1. The van der Waals surface area contributed by atoms with Gasteiger partial charge in [-0.3, -0.25) is 4.90 Å². The van der Waals surface area contributed by atoms with Gasteiger partial charge in [0.2, 0.25) is 0 Å². The van der Waals surface area contributed by atoms with Crippen LogP contribution < -0.4 is 5.32 Å². The Hall–Kier alpha value is 0.1000. The van der Waals surface area contributed by atoms with Crippen LogP contribution in [0.1, 0.15) is 19.4 Å².